The summed E-state index contributed by atoms with van der Waals surface area (Å²) in [7, 11) is 40.1. The normalized spacial score (nSPS) is 8.65. The van der Waals surface area contributed by atoms with Crippen molar-refractivity contribution in [2.75, 3.05) is 158 Å². The Labute approximate surface area is 714 Å². The van der Waals surface area contributed by atoms with Gasteiger partial charge in [-0.3, -0.25) is 0 Å². The first-order valence-corrected chi connectivity index (χ1v) is 39.7. The van der Waals surface area contributed by atoms with Gasteiger partial charge in [-0.05, 0) is 114 Å². The molecule has 0 aliphatic heterocycles. The smallest absolute Gasteiger partial charge is 0.412 e. The molecule has 0 aliphatic rings. The Balaban J connectivity index is -0.0000000872. The summed E-state index contributed by atoms with van der Waals surface area (Å²) >= 11 is 95.5. The van der Waals surface area contributed by atoms with E-state index in [-0.39, 0.29) is 76.2 Å². The Kier molecular flexibility index (Phi) is 106. The maximum absolute atomic E-state index is 5.34. The quantitative estimate of drug-likeness (QED) is 0.0470. The van der Waals surface area contributed by atoms with E-state index in [0.717, 1.165) is 52.1 Å². The summed E-state index contributed by atoms with van der Waals surface area (Å²) in [5, 5.41) is 14.5. The molecule has 0 atom stereocenters. The Bertz CT molecular complexity index is 1780. The van der Waals surface area contributed by atoms with Crippen LogP contribution in [0.2, 0.25) is 0 Å². The van der Waals surface area contributed by atoms with Gasteiger partial charge in [0.15, 0.2) is 0 Å². The molecule has 0 fully saturated rings. The summed E-state index contributed by atoms with van der Waals surface area (Å²) in [6, 6.07) is 0. The van der Waals surface area contributed by atoms with E-state index in [9.17, 15) is 0 Å². The zero-order valence-corrected chi connectivity index (χ0v) is 80.0. The van der Waals surface area contributed by atoms with E-state index in [1.54, 1.807) is 43.3 Å². The fourth-order valence-corrected chi connectivity index (χ4v) is 12.7. The summed E-state index contributed by atoms with van der Waals surface area (Å²) in [6.07, 6.45) is 0. The zero-order chi connectivity index (χ0) is 67.1. The predicted molar refractivity (Wildman–Crippen MR) is 466 cm³/mol. The van der Waals surface area contributed by atoms with Crippen LogP contribution in [0.3, 0.4) is 0 Å². The number of hydrogen-bond acceptors (Lipinski definition) is 27. The van der Waals surface area contributed by atoms with Gasteiger partial charge in [0, 0.05) is 158 Å². The number of rotatable bonds is 10. The second-order valence-corrected chi connectivity index (χ2v) is 35.2. The molecule has 0 saturated carbocycles. The number of thiocarbonyl (C=S) groups is 14. The van der Waals surface area contributed by atoms with Gasteiger partial charge in [0.1, 0.15) is 38.9 Å². The molecule has 0 aromatic carbocycles. The van der Waals surface area contributed by atoms with Crippen molar-refractivity contribution in [3.8, 4) is 0 Å². The van der Waals surface area contributed by atoms with Gasteiger partial charge in [0.2, 0.25) is 0 Å². The number of thiol groups is 1. The molecule has 0 rings (SSSR count). The average Bonchev–Trinajstić information content (AvgIpc) is 3.39. The second-order valence-electron chi connectivity index (χ2n) is 15.1. The van der Waals surface area contributed by atoms with E-state index < -0.39 is 0 Å². The van der Waals surface area contributed by atoms with E-state index in [0.29, 0.717) is 60.7 Å². The van der Waals surface area contributed by atoms with Gasteiger partial charge in [-0.2, -0.15) is 0 Å². The topological polar surface area (TPSA) is 89.3 Å². The molecule has 0 amide bonds. The van der Waals surface area contributed by atoms with Crippen LogP contribution in [-0.2, 0) is 80.2 Å². The van der Waals surface area contributed by atoms with Crippen molar-refractivity contribution in [3.05, 3.63) is 0 Å². The molecule has 0 saturated heterocycles. The molecule has 14 nitrogen and oxygen atoms in total. The maximum atomic E-state index is 5.34. The molecule has 0 heterocycles. The molecule has 0 aliphatic carbocycles. The minimum Gasteiger partial charge on any atom is -0.412 e. The van der Waals surface area contributed by atoms with Gasteiger partial charge in [0.25, 0.3) is 0 Å². The molecule has 5 N–H and O–H groups in total. The van der Waals surface area contributed by atoms with Crippen LogP contribution in [0.4, 0.5) is 0 Å². The summed E-state index contributed by atoms with van der Waals surface area (Å²) in [4.78, 5) is 17.0. The third-order valence-corrected chi connectivity index (χ3v) is 25.5. The van der Waals surface area contributed by atoms with Gasteiger partial charge in [-0.1, -0.05) is 132 Å². The van der Waals surface area contributed by atoms with Crippen molar-refractivity contribution < 1.29 is 76.2 Å². The van der Waals surface area contributed by atoms with Crippen LogP contribution in [0.5, 0.6) is 0 Å². The molecular formula is C41H79FeN14Na2S28. The van der Waals surface area contributed by atoms with Crippen molar-refractivity contribution >= 4 is 394 Å². The SMILES string of the molecule is CCN(CC)C(=S)SSC(=S)N(CC)CC.CN(C)C(=S)SSC(=S)N(C)C.CN(C)C(=S)SSC(=S)NCCNC(=S)SSC(=S)N(C)C.CN(C)C(=S)[S-].CN(C)C(=S)[S-].CN(C)C(=S)[S-].CNC(=S)S.S=C([S-])NCCNC(=S)[S-].[Fe+3].[Na+].[Na+]. The minimum atomic E-state index is 0. The molecule has 0 aromatic rings. The first-order chi connectivity index (χ1) is 38.1. The van der Waals surface area contributed by atoms with E-state index >= 15 is 0 Å². The first-order valence-electron chi connectivity index (χ1n) is 22.9. The first kappa shape index (κ1) is 115. The van der Waals surface area contributed by atoms with Crippen molar-refractivity contribution in [3.63, 3.8) is 0 Å². The molecule has 1 radical (unpaired) electrons. The van der Waals surface area contributed by atoms with Gasteiger partial charge < -0.3 is 195 Å². The van der Waals surface area contributed by atoms with Gasteiger partial charge in [0.05, 0.1) is 0 Å². The largest absolute Gasteiger partial charge is 3.00 e. The minimum absolute atomic E-state index is 0. The number of nitrogens with one attached hydrogen (secondary N) is 5. The molecule has 491 valence electrons. The van der Waals surface area contributed by atoms with Crippen LogP contribution >= 0.6 is 270 Å². The fourth-order valence-electron chi connectivity index (χ4n) is 2.37. The van der Waals surface area contributed by atoms with Crippen molar-refractivity contribution in [1.82, 2.24) is 70.7 Å². The molecular weight excluding hydrogens is 1690 g/mol. The molecule has 86 heavy (non-hydrogen) atoms. The Morgan fingerprint density at radius 1 is 0.337 bits per heavy atom. The van der Waals surface area contributed by atoms with Crippen LogP contribution in [0.25, 0.3) is 0 Å². The molecule has 45 heteroatoms. The Hall–Kier alpha value is 5.23. The van der Waals surface area contributed by atoms with Crippen LogP contribution < -0.4 is 85.7 Å². The van der Waals surface area contributed by atoms with E-state index in [1.807, 2.05) is 118 Å². The molecule has 0 spiro atoms. The molecule has 0 unspecified atom stereocenters. The molecule has 0 bridgehead atoms. The van der Waals surface area contributed by atoms with Crippen molar-refractivity contribution in [2.45, 2.75) is 27.7 Å². The summed E-state index contributed by atoms with van der Waals surface area (Å²) < 4.78 is 9.31. The van der Waals surface area contributed by atoms with E-state index in [2.05, 4.69) is 213 Å². The second kappa shape index (κ2) is 79.2. The maximum Gasteiger partial charge on any atom is 3.00 e. The summed E-state index contributed by atoms with van der Waals surface area (Å²) in [6.45, 7) is 15.0. The fraction of sp³-hybridized carbons (Fsp3) is 0.659. The third kappa shape index (κ3) is 95.6. The Morgan fingerprint density at radius 3 is 0.640 bits per heavy atom. The van der Waals surface area contributed by atoms with Gasteiger partial charge >= 0.3 is 76.2 Å². The standard InChI is InChI=1S/C10H18N4S8.C10H20N2S4.C6H12N2S4.C4H8N2S4.3C3H7NS2.C2H5NS2.Fe.2Na/c1-13(2)9(17)21-19-7(15)11-5-6-12-8(16)20-22-10(18)14(3)4;1-5-11(6-2)9(13)15-16-10(14)12(7-3)8-4;1-7(2)5(9)11-12-6(10)8(3)4;7-3(8)5-1-2-6-4(9)10;3*1-4(2)3(5)6;1-3-2(4)5;;;/h5-6H2,1-4H3,(H,11,15)(H,12,16);5-8H2,1-4H3;1-4H3;1-2H2,(H2,5,7,8)(H2,6,9,10);3*1-2H3,(H,5,6);1H3,(H2,3,4,5);;;/q;;;;;;;;+3;2*+1/p-5. The zero-order valence-electron chi connectivity index (χ0n) is 52.0. The predicted octanol–water partition coefficient (Wildman–Crippen LogP) is 4.27. The van der Waals surface area contributed by atoms with Crippen molar-refractivity contribution in [1.29, 1.82) is 0 Å². The Morgan fingerprint density at radius 2 is 0.500 bits per heavy atom. The van der Waals surface area contributed by atoms with E-state index in [4.69, 9.17) is 97.7 Å². The average molecular weight is 1770 g/mol. The number of hydrogen-bond donors (Lipinski definition) is 6. The van der Waals surface area contributed by atoms with Gasteiger partial charge in [-0.15, -0.1) is 12.6 Å². The monoisotopic (exact) mass is 1760 g/mol. The van der Waals surface area contributed by atoms with Crippen molar-refractivity contribution in [2.24, 2.45) is 0 Å². The van der Waals surface area contributed by atoms with E-state index in [1.165, 1.54) is 64.8 Å². The molecule has 0 aromatic heterocycles. The van der Waals surface area contributed by atoms with Crippen LogP contribution in [0, 0.1) is 0 Å². The van der Waals surface area contributed by atoms with Crippen LogP contribution in [0.1, 0.15) is 27.7 Å². The summed E-state index contributed by atoms with van der Waals surface area (Å²) in [5.41, 5.74) is 0. The van der Waals surface area contributed by atoms with Crippen LogP contribution in [-0.4, -0.2) is 263 Å². The summed E-state index contributed by atoms with van der Waals surface area (Å²) in [5.74, 6) is 0. The van der Waals surface area contributed by atoms with Gasteiger partial charge in [-0.25, -0.2) is 0 Å². The van der Waals surface area contributed by atoms with Crippen LogP contribution in [0.15, 0.2) is 0 Å². The number of nitrogens with zero attached hydrogens (tertiary/aromatic N) is 9. The third-order valence-electron chi connectivity index (χ3n) is 6.89.